The summed E-state index contributed by atoms with van der Waals surface area (Å²) in [5.41, 5.74) is 0.791. The molecular formula is C17H16BrClN6O3. The Balaban J connectivity index is 1.64. The molecule has 2 heterocycles. The van der Waals surface area contributed by atoms with Gasteiger partial charge in [0.15, 0.2) is 5.82 Å². The molecule has 0 aliphatic heterocycles. The van der Waals surface area contributed by atoms with Crippen molar-refractivity contribution in [1.29, 1.82) is 0 Å². The highest BCUT2D eigenvalue weighted by Crippen LogP contribution is 2.23. The van der Waals surface area contributed by atoms with Crippen LogP contribution in [0, 0.1) is 16.0 Å². The Bertz CT molecular complexity index is 1020. The second-order valence-corrected chi connectivity index (χ2v) is 7.44. The highest BCUT2D eigenvalue weighted by molar-refractivity contribution is 9.10. The van der Waals surface area contributed by atoms with E-state index in [1.165, 1.54) is 10.9 Å². The molecule has 1 unspecified atom stereocenters. The quantitative estimate of drug-likeness (QED) is 0.421. The summed E-state index contributed by atoms with van der Waals surface area (Å²) in [6.07, 6.45) is 4.19. The van der Waals surface area contributed by atoms with E-state index < -0.39 is 10.8 Å². The van der Waals surface area contributed by atoms with Gasteiger partial charge in [-0.1, -0.05) is 36.7 Å². The minimum atomic E-state index is -0.531. The summed E-state index contributed by atoms with van der Waals surface area (Å²) < 4.78 is 3.67. The molecule has 1 aromatic carbocycles. The van der Waals surface area contributed by atoms with E-state index in [1.807, 2.05) is 18.2 Å². The van der Waals surface area contributed by atoms with Crippen molar-refractivity contribution >= 4 is 44.9 Å². The van der Waals surface area contributed by atoms with Crippen molar-refractivity contribution in [1.82, 2.24) is 19.6 Å². The highest BCUT2D eigenvalue weighted by atomic mass is 79.9. The largest absolute Gasteiger partial charge is 0.308 e. The normalized spacial score (nSPS) is 12.0. The lowest BCUT2D eigenvalue weighted by Crippen LogP contribution is -2.25. The average molecular weight is 468 g/mol. The zero-order valence-corrected chi connectivity index (χ0v) is 17.1. The van der Waals surface area contributed by atoms with Crippen molar-refractivity contribution < 1.29 is 9.72 Å². The Hall–Kier alpha value is -2.72. The summed E-state index contributed by atoms with van der Waals surface area (Å²) in [7, 11) is 0. The number of carbonyl (C=O) groups is 1. The molecule has 0 saturated heterocycles. The Morgan fingerprint density at radius 1 is 1.36 bits per heavy atom. The molecule has 0 aliphatic rings. The summed E-state index contributed by atoms with van der Waals surface area (Å²) in [6.45, 7) is 2.37. The first-order valence-corrected chi connectivity index (χ1v) is 9.44. The second kappa shape index (κ2) is 8.53. The van der Waals surface area contributed by atoms with Crippen molar-refractivity contribution in [3.05, 3.63) is 68.0 Å². The van der Waals surface area contributed by atoms with Crippen molar-refractivity contribution in [2.75, 3.05) is 5.32 Å². The molecule has 9 nitrogen and oxygen atoms in total. The van der Waals surface area contributed by atoms with Crippen LogP contribution < -0.4 is 5.32 Å². The minimum Gasteiger partial charge on any atom is -0.308 e. The first-order valence-electron chi connectivity index (χ1n) is 8.27. The number of carbonyl (C=O) groups excluding carboxylic acids is 1. The molecule has 0 bridgehead atoms. The Labute approximate surface area is 173 Å². The van der Waals surface area contributed by atoms with Crippen molar-refractivity contribution in [3.8, 4) is 0 Å². The summed E-state index contributed by atoms with van der Waals surface area (Å²) in [5, 5.41) is 22.4. The van der Waals surface area contributed by atoms with E-state index in [1.54, 1.807) is 23.9 Å². The summed E-state index contributed by atoms with van der Waals surface area (Å²) in [5.74, 6) is -0.364. The molecule has 146 valence electrons. The van der Waals surface area contributed by atoms with Gasteiger partial charge in [-0.15, -0.1) is 0 Å². The third kappa shape index (κ3) is 4.76. The van der Waals surface area contributed by atoms with Crippen LogP contribution in [-0.2, 0) is 17.9 Å². The summed E-state index contributed by atoms with van der Waals surface area (Å²) in [4.78, 5) is 22.6. The van der Waals surface area contributed by atoms with Gasteiger partial charge in [-0.3, -0.25) is 24.3 Å². The lowest BCUT2D eigenvalue weighted by Gasteiger charge is -2.11. The van der Waals surface area contributed by atoms with Gasteiger partial charge in [0, 0.05) is 11.2 Å². The lowest BCUT2D eigenvalue weighted by atomic mass is 10.1. The van der Waals surface area contributed by atoms with Crippen LogP contribution >= 0.6 is 27.5 Å². The van der Waals surface area contributed by atoms with E-state index in [4.69, 9.17) is 11.6 Å². The molecule has 11 heteroatoms. The molecule has 0 radical (unpaired) electrons. The van der Waals surface area contributed by atoms with Crippen LogP contribution in [-0.4, -0.2) is 30.4 Å². The predicted molar refractivity (Wildman–Crippen MR) is 107 cm³/mol. The van der Waals surface area contributed by atoms with Crippen LogP contribution in [0.3, 0.4) is 0 Å². The standard InChI is InChI=1S/C17H16BrClN6O3/c1-11(7-23-9-13(6-20-23)25(27)28)17(26)21-16-14(18)10-24(22-16)8-12-4-2-3-5-15(12)19/h2-6,9-11H,7-8H2,1H3,(H,21,22,26). The number of anilines is 1. The van der Waals surface area contributed by atoms with Crippen LogP contribution in [0.25, 0.3) is 0 Å². The van der Waals surface area contributed by atoms with E-state index in [0.29, 0.717) is 21.9 Å². The molecule has 0 spiro atoms. The van der Waals surface area contributed by atoms with Gasteiger partial charge >= 0.3 is 5.69 Å². The van der Waals surface area contributed by atoms with E-state index in [0.717, 1.165) is 11.8 Å². The van der Waals surface area contributed by atoms with Gasteiger partial charge in [-0.25, -0.2) is 0 Å². The number of nitro groups is 1. The molecule has 1 atom stereocenters. The van der Waals surface area contributed by atoms with Crippen LogP contribution in [0.5, 0.6) is 0 Å². The Morgan fingerprint density at radius 2 is 2.11 bits per heavy atom. The number of halogens is 2. The first kappa shape index (κ1) is 20.0. The van der Waals surface area contributed by atoms with Gasteiger partial charge in [-0.2, -0.15) is 10.2 Å². The monoisotopic (exact) mass is 466 g/mol. The summed E-state index contributed by atoms with van der Waals surface area (Å²) in [6, 6.07) is 7.46. The van der Waals surface area contributed by atoms with Crippen molar-refractivity contribution in [2.45, 2.75) is 20.0 Å². The fourth-order valence-electron chi connectivity index (χ4n) is 2.51. The Morgan fingerprint density at radius 3 is 2.79 bits per heavy atom. The van der Waals surface area contributed by atoms with Gasteiger partial charge in [0.1, 0.15) is 12.4 Å². The molecule has 0 fully saturated rings. The molecule has 0 saturated carbocycles. The molecule has 1 N–H and O–H groups in total. The second-order valence-electron chi connectivity index (χ2n) is 6.18. The number of aromatic nitrogens is 4. The fourth-order valence-corrected chi connectivity index (χ4v) is 3.12. The number of hydrogen-bond acceptors (Lipinski definition) is 5. The van der Waals surface area contributed by atoms with Crippen molar-refractivity contribution in [2.24, 2.45) is 5.92 Å². The fraction of sp³-hybridized carbons (Fsp3) is 0.235. The molecule has 3 rings (SSSR count). The zero-order chi connectivity index (χ0) is 20.3. The summed E-state index contributed by atoms with van der Waals surface area (Å²) >= 11 is 9.56. The SMILES string of the molecule is CC(Cn1cc([N+](=O)[O-])cn1)C(=O)Nc1nn(Cc2ccccc2Cl)cc1Br. The van der Waals surface area contributed by atoms with Gasteiger partial charge in [0.25, 0.3) is 0 Å². The van der Waals surface area contributed by atoms with Crippen molar-refractivity contribution in [3.63, 3.8) is 0 Å². The molecule has 2 aromatic heterocycles. The molecule has 0 aliphatic carbocycles. The maximum absolute atomic E-state index is 12.5. The van der Waals surface area contributed by atoms with Gasteiger partial charge in [0.2, 0.25) is 5.91 Å². The number of nitrogens with zero attached hydrogens (tertiary/aromatic N) is 5. The zero-order valence-electron chi connectivity index (χ0n) is 14.7. The third-order valence-electron chi connectivity index (χ3n) is 3.99. The smallest absolute Gasteiger partial charge is 0.306 e. The van der Waals surface area contributed by atoms with E-state index in [-0.39, 0.29) is 18.1 Å². The van der Waals surface area contributed by atoms with Gasteiger partial charge in [-0.05, 0) is 27.6 Å². The number of nitrogens with one attached hydrogen (secondary N) is 1. The third-order valence-corrected chi connectivity index (χ3v) is 4.94. The highest BCUT2D eigenvalue weighted by Gasteiger charge is 2.19. The molecule has 28 heavy (non-hydrogen) atoms. The van der Waals surface area contributed by atoms with Gasteiger partial charge < -0.3 is 5.32 Å². The predicted octanol–water partition coefficient (Wildman–Crippen LogP) is 3.73. The average Bonchev–Trinajstić information content (AvgIpc) is 3.24. The lowest BCUT2D eigenvalue weighted by molar-refractivity contribution is -0.385. The van der Waals surface area contributed by atoms with E-state index in [2.05, 4.69) is 31.4 Å². The van der Waals surface area contributed by atoms with E-state index >= 15 is 0 Å². The van der Waals surface area contributed by atoms with Crippen LogP contribution in [0.1, 0.15) is 12.5 Å². The topological polar surface area (TPSA) is 108 Å². The number of amides is 1. The first-order chi connectivity index (χ1) is 13.3. The maximum atomic E-state index is 12.5. The van der Waals surface area contributed by atoms with Crippen LogP contribution in [0.2, 0.25) is 5.02 Å². The molecule has 3 aromatic rings. The minimum absolute atomic E-state index is 0.117. The molecular weight excluding hydrogens is 452 g/mol. The Kier molecular flexibility index (Phi) is 6.10. The number of hydrogen-bond donors (Lipinski definition) is 1. The molecule has 1 amide bonds. The van der Waals surface area contributed by atoms with Crippen LogP contribution in [0.15, 0.2) is 47.3 Å². The van der Waals surface area contributed by atoms with Gasteiger partial charge in [0.05, 0.1) is 28.4 Å². The number of rotatable bonds is 7. The van der Waals surface area contributed by atoms with E-state index in [9.17, 15) is 14.9 Å². The maximum Gasteiger partial charge on any atom is 0.306 e. The van der Waals surface area contributed by atoms with Crippen LogP contribution in [0.4, 0.5) is 11.5 Å². The number of benzene rings is 1.